The van der Waals surface area contributed by atoms with Gasteiger partial charge in [0.15, 0.2) is 0 Å². The molecule has 0 spiro atoms. The summed E-state index contributed by atoms with van der Waals surface area (Å²) < 4.78 is 29.9. The van der Waals surface area contributed by atoms with Gasteiger partial charge in [0.2, 0.25) is 0 Å². The second-order valence-corrected chi connectivity index (χ2v) is 10.2. The summed E-state index contributed by atoms with van der Waals surface area (Å²) >= 11 is 1.38. The van der Waals surface area contributed by atoms with E-state index in [1.165, 1.54) is 11.3 Å². The maximum atomic E-state index is 12.9. The highest BCUT2D eigenvalue weighted by molar-refractivity contribution is 7.91. The molecule has 0 N–H and O–H groups in total. The molecular formula is C19H24N4O2S2. The lowest BCUT2D eigenvalue weighted by atomic mass is 10.3. The van der Waals surface area contributed by atoms with Crippen molar-refractivity contribution in [2.45, 2.75) is 24.1 Å². The summed E-state index contributed by atoms with van der Waals surface area (Å²) in [5, 5.41) is 0. The van der Waals surface area contributed by atoms with Crippen LogP contribution in [0.5, 0.6) is 0 Å². The highest BCUT2D eigenvalue weighted by Crippen LogP contribution is 2.26. The van der Waals surface area contributed by atoms with Gasteiger partial charge in [0, 0.05) is 38.1 Å². The van der Waals surface area contributed by atoms with E-state index in [2.05, 4.69) is 15.5 Å². The maximum Gasteiger partial charge on any atom is 0.252 e. The minimum atomic E-state index is -3.37. The van der Waals surface area contributed by atoms with E-state index in [9.17, 15) is 8.42 Å². The average Bonchev–Trinajstić information content (AvgIpc) is 3.28. The quantitative estimate of drug-likeness (QED) is 0.656. The maximum absolute atomic E-state index is 12.9. The van der Waals surface area contributed by atoms with Gasteiger partial charge in [-0.2, -0.15) is 4.31 Å². The lowest BCUT2D eigenvalue weighted by molar-refractivity contribution is 0.177. The van der Waals surface area contributed by atoms with Crippen LogP contribution >= 0.6 is 11.3 Å². The summed E-state index contributed by atoms with van der Waals surface area (Å²) in [6, 6.07) is 11.8. The molecule has 0 saturated carbocycles. The van der Waals surface area contributed by atoms with E-state index in [4.69, 9.17) is 4.98 Å². The molecule has 1 aliphatic heterocycles. The van der Waals surface area contributed by atoms with Gasteiger partial charge in [-0.15, -0.1) is 11.3 Å². The Morgan fingerprint density at radius 3 is 2.48 bits per heavy atom. The zero-order valence-electron chi connectivity index (χ0n) is 15.6. The number of aromatic nitrogens is 2. The Kier molecular flexibility index (Phi) is 5.07. The van der Waals surface area contributed by atoms with Gasteiger partial charge in [0.05, 0.1) is 17.6 Å². The molecule has 0 amide bonds. The van der Waals surface area contributed by atoms with Gasteiger partial charge in [0.25, 0.3) is 10.0 Å². The number of thiophene rings is 1. The Morgan fingerprint density at radius 2 is 1.81 bits per heavy atom. The lowest BCUT2D eigenvalue weighted by Crippen LogP contribution is -2.48. The predicted octanol–water partition coefficient (Wildman–Crippen LogP) is 2.70. The smallest absolute Gasteiger partial charge is 0.252 e. The largest absolute Gasteiger partial charge is 0.330 e. The number of rotatable bonds is 5. The van der Waals surface area contributed by atoms with Crippen LogP contribution in [0.4, 0.5) is 0 Å². The summed E-state index contributed by atoms with van der Waals surface area (Å²) in [6.07, 6.45) is 0.867. The topological polar surface area (TPSA) is 58.4 Å². The van der Waals surface area contributed by atoms with Crippen LogP contribution in [0.3, 0.4) is 0 Å². The van der Waals surface area contributed by atoms with E-state index in [0.717, 1.165) is 34.7 Å². The number of hydrogen-bond acceptors (Lipinski definition) is 5. The third kappa shape index (κ3) is 3.54. The second-order valence-electron chi connectivity index (χ2n) is 6.83. The van der Waals surface area contributed by atoms with Crippen LogP contribution < -0.4 is 0 Å². The van der Waals surface area contributed by atoms with E-state index >= 15 is 0 Å². The Morgan fingerprint density at radius 1 is 1.07 bits per heavy atom. The Balaban J connectivity index is 1.43. The number of nitrogens with zero attached hydrogens (tertiary/aromatic N) is 4. The number of para-hydroxylation sites is 2. The van der Waals surface area contributed by atoms with E-state index in [-0.39, 0.29) is 0 Å². The normalized spacial score (nSPS) is 17.0. The summed E-state index contributed by atoms with van der Waals surface area (Å²) in [6.45, 7) is 5.25. The monoisotopic (exact) mass is 404 g/mol. The average molecular weight is 405 g/mol. The molecule has 1 fully saturated rings. The van der Waals surface area contributed by atoms with Crippen LogP contribution in [0.25, 0.3) is 11.0 Å². The molecule has 0 unspecified atom stereocenters. The van der Waals surface area contributed by atoms with Crippen molar-refractivity contribution < 1.29 is 8.42 Å². The third-order valence-corrected chi connectivity index (χ3v) is 8.75. The van der Waals surface area contributed by atoms with Gasteiger partial charge in [-0.1, -0.05) is 19.1 Å². The Hall–Kier alpha value is -1.74. The number of hydrogen-bond donors (Lipinski definition) is 0. The molecule has 4 rings (SSSR count). The van der Waals surface area contributed by atoms with Gasteiger partial charge in [0.1, 0.15) is 10.0 Å². The molecule has 27 heavy (non-hydrogen) atoms. The molecule has 0 bridgehead atoms. The lowest BCUT2D eigenvalue weighted by Gasteiger charge is -2.33. The van der Waals surface area contributed by atoms with Gasteiger partial charge in [-0.05, 0) is 30.7 Å². The highest BCUT2D eigenvalue weighted by atomic mass is 32.2. The summed E-state index contributed by atoms with van der Waals surface area (Å²) in [5.74, 6) is 1.01. The van der Waals surface area contributed by atoms with Crippen LogP contribution in [0.1, 0.15) is 17.6 Å². The summed E-state index contributed by atoms with van der Waals surface area (Å²) in [7, 11) is -1.34. The number of aryl methyl sites for hydroxylation is 2. The van der Waals surface area contributed by atoms with Crippen LogP contribution in [-0.2, 0) is 30.0 Å². The van der Waals surface area contributed by atoms with Crippen LogP contribution in [0.2, 0.25) is 0 Å². The van der Waals surface area contributed by atoms with E-state index < -0.39 is 10.0 Å². The Labute approximate surface area is 164 Å². The molecule has 3 heterocycles. The van der Waals surface area contributed by atoms with Crippen molar-refractivity contribution in [3.8, 4) is 0 Å². The SMILES string of the molecule is CCc1ccc(S(=O)(=O)N2CCN(Cc3nc4ccccc4n3C)CC2)s1. The minimum Gasteiger partial charge on any atom is -0.330 e. The standard InChI is InChI=1S/C19H24N4O2S2/c1-3-15-8-9-19(26-15)27(24,25)23-12-10-22(11-13-23)14-18-20-16-6-4-5-7-17(16)21(18)2/h4-9H,3,10-14H2,1-2H3. The van der Waals surface area contributed by atoms with Crippen LogP contribution in [0.15, 0.2) is 40.6 Å². The van der Waals surface area contributed by atoms with Gasteiger partial charge < -0.3 is 4.57 Å². The molecule has 0 radical (unpaired) electrons. The third-order valence-electron chi connectivity index (χ3n) is 5.16. The van der Waals surface area contributed by atoms with Crippen molar-refractivity contribution in [3.63, 3.8) is 0 Å². The van der Waals surface area contributed by atoms with E-state index in [1.54, 1.807) is 10.4 Å². The predicted molar refractivity (Wildman–Crippen MR) is 108 cm³/mol. The zero-order valence-corrected chi connectivity index (χ0v) is 17.3. The molecule has 1 saturated heterocycles. The number of fused-ring (bicyclic) bond motifs is 1. The molecule has 1 aliphatic rings. The molecule has 0 atom stereocenters. The molecular weight excluding hydrogens is 380 g/mol. The van der Waals surface area contributed by atoms with Gasteiger partial charge in [-0.3, -0.25) is 4.90 Å². The van der Waals surface area contributed by atoms with Crippen molar-refractivity contribution in [3.05, 3.63) is 47.1 Å². The van der Waals surface area contributed by atoms with E-state index in [0.29, 0.717) is 30.4 Å². The molecule has 0 aliphatic carbocycles. The molecule has 8 heteroatoms. The van der Waals surface area contributed by atoms with Crippen molar-refractivity contribution in [2.75, 3.05) is 26.2 Å². The first-order chi connectivity index (χ1) is 13.0. The molecule has 144 valence electrons. The van der Waals surface area contributed by atoms with Gasteiger partial charge in [-0.25, -0.2) is 13.4 Å². The van der Waals surface area contributed by atoms with Crippen LogP contribution in [0, 0.1) is 0 Å². The summed E-state index contributed by atoms with van der Waals surface area (Å²) in [5.41, 5.74) is 2.12. The van der Waals surface area contributed by atoms with Crippen molar-refractivity contribution in [1.29, 1.82) is 0 Å². The van der Waals surface area contributed by atoms with Crippen molar-refractivity contribution >= 4 is 32.4 Å². The van der Waals surface area contributed by atoms with Gasteiger partial charge >= 0.3 is 0 Å². The van der Waals surface area contributed by atoms with E-state index in [1.807, 2.05) is 38.2 Å². The first kappa shape index (κ1) is 18.6. The number of imidazole rings is 1. The fraction of sp³-hybridized carbons (Fsp3) is 0.421. The first-order valence-corrected chi connectivity index (χ1v) is 11.5. The summed E-state index contributed by atoms with van der Waals surface area (Å²) in [4.78, 5) is 8.11. The van der Waals surface area contributed by atoms with Crippen molar-refractivity contribution in [1.82, 2.24) is 18.8 Å². The first-order valence-electron chi connectivity index (χ1n) is 9.20. The zero-order chi connectivity index (χ0) is 19.0. The molecule has 6 nitrogen and oxygen atoms in total. The number of piperazine rings is 1. The highest BCUT2D eigenvalue weighted by Gasteiger charge is 2.30. The second kappa shape index (κ2) is 7.35. The Bertz CT molecular complexity index is 1050. The fourth-order valence-corrected chi connectivity index (χ4v) is 6.35. The van der Waals surface area contributed by atoms with Crippen LogP contribution in [-0.4, -0.2) is 53.4 Å². The minimum absolute atomic E-state index is 0.461. The molecule has 2 aromatic heterocycles. The van der Waals surface area contributed by atoms with Crippen molar-refractivity contribution in [2.24, 2.45) is 7.05 Å². The number of benzene rings is 1. The molecule has 3 aromatic rings. The molecule has 1 aromatic carbocycles. The fourth-order valence-electron chi connectivity index (χ4n) is 3.48. The number of sulfonamides is 1.